The summed E-state index contributed by atoms with van der Waals surface area (Å²) in [5.74, 6) is 0.105. The van der Waals surface area contributed by atoms with Crippen LogP contribution in [0.4, 0.5) is 5.82 Å². The number of amides is 1. The van der Waals surface area contributed by atoms with Gasteiger partial charge in [-0.2, -0.15) is 0 Å². The fourth-order valence-electron chi connectivity index (χ4n) is 3.37. The van der Waals surface area contributed by atoms with Gasteiger partial charge in [-0.25, -0.2) is 4.79 Å². The molecule has 0 unspecified atom stereocenters. The van der Waals surface area contributed by atoms with E-state index in [0.29, 0.717) is 37.9 Å². The summed E-state index contributed by atoms with van der Waals surface area (Å²) in [5, 5.41) is 16.5. The molecule has 1 amide bonds. The second-order valence-electron chi connectivity index (χ2n) is 6.23. The van der Waals surface area contributed by atoms with Gasteiger partial charge in [0.15, 0.2) is 11.5 Å². The summed E-state index contributed by atoms with van der Waals surface area (Å²) in [6.45, 7) is 2.80. The van der Waals surface area contributed by atoms with Gasteiger partial charge in [0.1, 0.15) is 0 Å². The second-order valence-corrected chi connectivity index (χ2v) is 6.23. The Balaban J connectivity index is 1.55. The molecular weight excluding hydrogens is 296 g/mol. The summed E-state index contributed by atoms with van der Waals surface area (Å²) in [4.78, 5) is 27.3. The summed E-state index contributed by atoms with van der Waals surface area (Å²) in [6, 6.07) is 3.14. The van der Waals surface area contributed by atoms with Crippen LogP contribution in [0, 0.1) is 5.92 Å². The number of carbonyl (C=O) groups excluding carboxylic acids is 1. The van der Waals surface area contributed by atoms with E-state index >= 15 is 0 Å². The SMILES string of the molecule is O=C(O)c1ccc(N2CCN(C(=O)C3CCCCC3)CC2)nn1. The molecule has 1 aliphatic carbocycles. The van der Waals surface area contributed by atoms with Crippen LogP contribution in [-0.4, -0.2) is 58.3 Å². The summed E-state index contributed by atoms with van der Waals surface area (Å²) in [7, 11) is 0. The number of carbonyl (C=O) groups is 2. The molecule has 0 aromatic carbocycles. The van der Waals surface area contributed by atoms with Gasteiger partial charge in [-0.3, -0.25) is 4.79 Å². The van der Waals surface area contributed by atoms with Crippen molar-refractivity contribution in [3.05, 3.63) is 17.8 Å². The minimum absolute atomic E-state index is 0.0557. The summed E-state index contributed by atoms with van der Waals surface area (Å²) >= 11 is 0. The van der Waals surface area contributed by atoms with Gasteiger partial charge in [0.25, 0.3) is 0 Å². The second kappa shape index (κ2) is 6.93. The van der Waals surface area contributed by atoms with E-state index in [-0.39, 0.29) is 11.6 Å². The van der Waals surface area contributed by atoms with Gasteiger partial charge in [0.05, 0.1) is 0 Å². The Kier molecular flexibility index (Phi) is 4.73. The summed E-state index contributed by atoms with van der Waals surface area (Å²) < 4.78 is 0. The van der Waals surface area contributed by atoms with E-state index in [4.69, 9.17) is 5.11 Å². The monoisotopic (exact) mass is 318 g/mol. The molecule has 0 bridgehead atoms. The molecule has 7 heteroatoms. The number of hydrogen-bond donors (Lipinski definition) is 1. The predicted octanol–water partition coefficient (Wildman–Crippen LogP) is 1.40. The highest BCUT2D eigenvalue weighted by Gasteiger charge is 2.28. The first-order valence-corrected chi connectivity index (χ1v) is 8.26. The van der Waals surface area contributed by atoms with Crippen molar-refractivity contribution >= 4 is 17.7 Å². The van der Waals surface area contributed by atoms with Gasteiger partial charge in [-0.1, -0.05) is 19.3 Å². The molecule has 1 aromatic rings. The fraction of sp³-hybridized carbons (Fsp3) is 0.625. The third kappa shape index (κ3) is 3.60. The molecule has 0 radical (unpaired) electrons. The fourth-order valence-corrected chi connectivity index (χ4v) is 3.37. The first kappa shape index (κ1) is 15.7. The molecule has 124 valence electrons. The van der Waals surface area contributed by atoms with E-state index in [9.17, 15) is 9.59 Å². The molecule has 3 rings (SSSR count). The Labute approximate surface area is 135 Å². The Morgan fingerprint density at radius 3 is 2.26 bits per heavy atom. The van der Waals surface area contributed by atoms with Crippen LogP contribution in [0.1, 0.15) is 42.6 Å². The van der Waals surface area contributed by atoms with E-state index < -0.39 is 5.97 Å². The third-order valence-corrected chi connectivity index (χ3v) is 4.74. The number of rotatable bonds is 3. The normalized spacial score (nSPS) is 19.7. The smallest absolute Gasteiger partial charge is 0.356 e. The zero-order chi connectivity index (χ0) is 16.2. The molecule has 1 saturated carbocycles. The van der Waals surface area contributed by atoms with Gasteiger partial charge in [-0.15, -0.1) is 10.2 Å². The van der Waals surface area contributed by atoms with Crippen molar-refractivity contribution in [1.29, 1.82) is 0 Å². The maximum atomic E-state index is 12.5. The molecule has 1 aromatic heterocycles. The minimum atomic E-state index is -1.08. The first-order valence-electron chi connectivity index (χ1n) is 8.26. The van der Waals surface area contributed by atoms with Crippen LogP contribution in [0.3, 0.4) is 0 Å². The molecule has 0 spiro atoms. The lowest BCUT2D eigenvalue weighted by molar-refractivity contribution is -0.136. The number of aromatic carboxylic acids is 1. The van der Waals surface area contributed by atoms with Crippen LogP contribution in [0.15, 0.2) is 12.1 Å². The molecule has 1 aliphatic heterocycles. The van der Waals surface area contributed by atoms with Gasteiger partial charge in [-0.05, 0) is 25.0 Å². The van der Waals surface area contributed by atoms with E-state index in [0.717, 1.165) is 12.8 Å². The van der Waals surface area contributed by atoms with Gasteiger partial charge < -0.3 is 14.9 Å². The summed E-state index contributed by atoms with van der Waals surface area (Å²) in [6.07, 6.45) is 5.65. The lowest BCUT2D eigenvalue weighted by atomic mass is 9.88. The average Bonchev–Trinajstić information content (AvgIpc) is 2.62. The quantitative estimate of drug-likeness (QED) is 0.906. The van der Waals surface area contributed by atoms with Crippen molar-refractivity contribution in [2.75, 3.05) is 31.1 Å². The van der Waals surface area contributed by atoms with Crippen molar-refractivity contribution in [2.45, 2.75) is 32.1 Å². The molecule has 1 saturated heterocycles. The zero-order valence-electron chi connectivity index (χ0n) is 13.1. The topological polar surface area (TPSA) is 86.6 Å². The first-order chi connectivity index (χ1) is 11.1. The predicted molar refractivity (Wildman–Crippen MR) is 84.4 cm³/mol. The van der Waals surface area contributed by atoms with Crippen molar-refractivity contribution in [3.8, 4) is 0 Å². The molecule has 7 nitrogen and oxygen atoms in total. The molecule has 23 heavy (non-hydrogen) atoms. The number of nitrogens with zero attached hydrogens (tertiary/aromatic N) is 4. The number of aromatic nitrogens is 2. The average molecular weight is 318 g/mol. The van der Waals surface area contributed by atoms with Crippen LogP contribution in [0.5, 0.6) is 0 Å². The standard InChI is InChI=1S/C16H22N4O3/c21-15(12-4-2-1-3-5-12)20-10-8-19(9-11-20)14-7-6-13(16(22)23)17-18-14/h6-7,12H,1-5,8-11H2,(H,22,23). The van der Waals surface area contributed by atoms with Gasteiger partial charge in [0.2, 0.25) is 5.91 Å². The van der Waals surface area contributed by atoms with Crippen LogP contribution in [0.2, 0.25) is 0 Å². The van der Waals surface area contributed by atoms with E-state index in [1.165, 1.54) is 25.3 Å². The third-order valence-electron chi connectivity index (χ3n) is 4.74. The Hall–Kier alpha value is -2.18. The molecule has 2 fully saturated rings. The van der Waals surface area contributed by atoms with Crippen molar-refractivity contribution in [2.24, 2.45) is 5.92 Å². The van der Waals surface area contributed by atoms with Crippen LogP contribution < -0.4 is 4.90 Å². The van der Waals surface area contributed by atoms with Crippen molar-refractivity contribution in [3.63, 3.8) is 0 Å². The van der Waals surface area contributed by atoms with Gasteiger partial charge >= 0.3 is 5.97 Å². The van der Waals surface area contributed by atoms with Gasteiger partial charge in [0, 0.05) is 32.1 Å². The van der Waals surface area contributed by atoms with Crippen LogP contribution >= 0.6 is 0 Å². The molecular formula is C16H22N4O3. The van der Waals surface area contributed by atoms with E-state index in [1.54, 1.807) is 6.07 Å². The number of carboxylic acid groups (broad SMARTS) is 1. The number of hydrogen-bond acceptors (Lipinski definition) is 5. The Bertz CT molecular complexity index is 561. The van der Waals surface area contributed by atoms with E-state index in [2.05, 4.69) is 10.2 Å². The Morgan fingerprint density at radius 2 is 1.70 bits per heavy atom. The zero-order valence-corrected chi connectivity index (χ0v) is 13.1. The molecule has 1 N–H and O–H groups in total. The largest absolute Gasteiger partial charge is 0.476 e. The highest BCUT2D eigenvalue weighted by Crippen LogP contribution is 2.26. The van der Waals surface area contributed by atoms with Crippen molar-refractivity contribution in [1.82, 2.24) is 15.1 Å². The number of anilines is 1. The summed E-state index contributed by atoms with van der Waals surface area (Å²) in [5.41, 5.74) is -0.0557. The maximum absolute atomic E-state index is 12.5. The lowest BCUT2D eigenvalue weighted by Gasteiger charge is -2.37. The highest BCUT2D eigenvalue weighted by molar-refractivity contribution is 5.85. The van der Waals surface area contributed by atoms with E-state index in [1.807, 2.05) is 9.80 Å². The Morgan fingerprint density at radius 1 is 1.00 bits per heavy atom. The highest BCUT2D eigenvalue weighted by atomic mass is 16.4. The molecule has 2 heterocycles. The lowest BCUT2D eigenvalue weighted by Crippen LogP contribution is -2.50. The number of carboxylic acids is 1. The molecule has 2 aliphatic rings. The van der Waals surface area contributed by atoms with Crippen LogP contribution in [0.25, 0.3) is 0 Å². The minimum Gasteiger partial charge on any atom is -0.476 e. The molecule has 0 atom stereocenters. The maximum Gasteiger partial charge on any atom is 0.356 e. The van der Waals surface area contributed by atoms with Crippen molar-refractivity contribution < 1.29 is 14.7 Å². The van der Waals surface area contributed by atoms with Crippen LogP contribution in [-0.2, 0) is 4.79 Å². The number of piperazine rings is 1.